The van der Waals surface area contributed by atoms with Gasteiger partial charge in [-0.3, -0.25) is 0 Å². The van der Waals surface area contributed by atoms with Crippen LogP contribution in [0.1, 0.15) is 22.8 Å². The molecule has 0 spiro atoms. The first-order valence-electron chi connectivity index (χ1n) is 5.70. The van der Waals surface area contributed by atoms with Crippen LogP contribution < -0.4 is 0 Å². The molecule has 1 atom stereocenters. The summed E-state index contributed by atoms with van der Waals surface area (Å²) in [4.78, 5) is 0. The second-order valence-electron chi connectivity index (χ2n) is 4.27. The van der Waals surface area contributed by atoms with Crippen LogP contribution in [0.4, 0.5) is 26.3 Å². The summed E-state index contributed by atoms with van der Waals surface area (Å²) in [5.41, 5.74) is -2.99. The van der Waals surface area contributed by atoms with E-state index in [4.69, 9.17) is 0 Å². The molecule has 21 heavy (non-hydrogen) atoms. The maximum absolute atomic E-state index is 13.6. The van der Waals surface area contributed by atoms with Crippen molar-refractivity contribution in [2.24, 2.45) is 0 Å². The molecule has 0 amide bonds. The second kappa shape index (κ2) is 5.40. The third-order valence-corrected chi connectivity index (χ3v) is 2.89. The normalized spacial score (nSPS) is 13.3. The zero-order valence-electron chi connectivity index (χ0n) is 10.3. The van der Waals surface area contributed by atoms with Crippen molar-refractivity contribution in [3.63, 3.8) is 0 Å². The van der Waals surface area contributed by atoms with Gasteiger partial charge in [-0.25, -0.2) is 13.2 Å². The molecule has 1 unspecified atom stereocenters. The van der Waals surface area contributed by atoms with Crippen molar-refractivity contribution < 1.29 is 31.4 Å². The van der Waals surface area contributed by atoms with Crippen molar-refractivity contribution in [2.45, 2.75) is 12.3 Å². The molecule has 0 radical (unpaired) electrons. The molecular weight excluding hydrogens is 298 g/mol. The van der Waals surface area contributed by atoms with Crippen LogP contribution >= 0.6 is 0 Å². The van der Waals surface area contributed by atoms with Gasteiger partial charge in [0.05, 0.1) is 11.1 Å². The summed E-state index contributed by atoms with van der Waals surface area (Å²) in [5, 5.41) is 9.84. The minimum absolute atomic E-state index is 0.325. The zero-order chi connectivity index (χ0) is 15.8. The molecule has 0 saturated carbocycles. The Morgan fingerprint density at radius 3 is 1.95 bits per heavy atom. The molecule has 112 valence electrons. The van der Waals surface area contributed by atoms with E-state index in [0.717, 1.165) is 18.2 Å². The minimum Gasteiger partial charge on any atom is -0.383 e. The lowest BCUT2D eigenvalue weighted by molar-refractivity contribution is -0.137. The lowest BCUT2D eigenvalue weighted by atomic mass is 9.98. The summed E-state index contributed by atoms with van der Waals surface area (Å²) in [7, 11) is 0. The Labute approximate surface area is 115 Å². The average molecular weight is 306 g/mol. The molecule has 0 saturated heterocycles. The van der Waals surface area contributed by atoms with Crippen LogP contribution in [0.3, 0.4) is 0 Å². The molecule has 2 aromatic carbocycles. The number of alkyl halides is 3. The minimum atomic E-state index is -4.77. The molecule has 1 N–H and O–H groups in total. The molecule has 0 aliphatic heterocycles. The van der Waals surface area contributed by atoms with Gasteiger partial charge in [-0.2, -0.15) is 13.2 Å². The quantitative estimate of drug-likeness (QED) is 0.824. The van der Waals surface area contributed by atoms with E-state index in [9.17, 15) is 31.4 Å². The fourth-order valence-corrected chi connectivity index (χ4v) is 1.86. The summed E-state index contributed by atoms with van der Waals surface area (Å²) in [5.74, 6) is -3.56. The van der Waals surface area contributed by atoms with Gasteiger partial charge in [0.1, 0.15) is 23.6 Å². The third-order valence-electron chi connectivity index (χ3n) is 2.89. The molecule has 0 bridgehead atoms. The lowest BCUT2D eigenvalue weighted by Crippen LogP contribution is -2.11. The summed E-state index contributed by atoms with van der Waals surface area (Å²) < 4.78 is 78.3. The predicted octanol–water partition coefficient (Wildman–Crippen LogP) is 4.20. The standard InChI is InChI=1S/C14H8F6O/c15-9-5-4-7(14(18,19)20)6-8(9)13(21)12-10(16)2-1-3-11(12)17/h1-6,13,21H. The molecular formula is C14H8F6O. The zero-order valence-corrected chi connectivity index (χ0v) is 10.3. The molecule has 0 aliphatic rings. The monoisotopic (exact) mass is 306 g/mol. The molecule has 2 rings (SSSR count). The van der Waals surface area contributed by atoms with Gasteiger partial charge in [-0.05, 0) is 30.3 Å². The van der Waals surface area contributed by atoms with Crippen molar-refractivity contribution >= 4 is 0 Å². The van der Waals surface area contributed by atoms with E-state index in [2.05, 4.69) is 0 Å². The van der Waals surface area contributed by atoms with Gasteiger partial charge in [-0.1, -0.05) is 6.07 Å². The molecule has 0 heterocycles. The van der Waals surface area contributed by atoms with E-state index in [-0.39, 0.29) is 0 Å². The number of aliphatic hydroxyl groups is 1. The highest BCUT2D eigenvalue weighted by atomic mass is 19.4. The van der Waals surface area contributed by atoms with E-state index < -0.39 is 46.4 Å². The molecule has 0 aliphatic carbocycles. The molecule has 2 aromatic rings. The Bertz CT molecular complexity index is 645. The number of hydrogen-bond donors (Lipinski definition) is 1. The van der Waals surface area contributed by atoms with Crippen LogP contribution in [0.5, 0.6) is 0 Å². The Morgan fingerprint density at radius 1 is 0.857 bits per heavy atom. The van der Waals surface area contributed by atoms with Gasteiger partial charge in [0.15, 0.2) is 0 Å². The van der Waals surface area contributed by atoms with Gasteiger partial charge in [0.25, 0.3) is 0 Å². The van der Waals surface area contributed by atoms with Crippen LogP contribution in [0, 0.1) is 17.5 Å². The number of halogens is 6. The van der Waals surface area contributed by atoms with E-state index in [1.807, 2.05) is 0 Å². The first kappa shape index (κ1) is 15.4. The Hall–Kier alpha value is -2.02. The van der Waals surface area contributed by atoms with Gasteiger partial charge >= 0.3 is 6.18 Å². The smallest absolute Gasteiger partial charge is 0.383 e. The second-order valence-corrected chi connectivity index (χ2v) is 4.27. The number of rotatable bonds is 2. The summed E-state index contributed by atoms with van der Waals surface area (Å²) in [6, 6.07) is 3.93. The fraction of sp³-hybridized carbons (Fsp3) is 0.143. The van der Waals surface area contributed by atoms with Crippen molar-refractivity contribution in [2.75, 3.05) is 0 Å². The van der Waals surface area contributed by atoms with E-state index in [1.165, 1.54) is 0 Å². The first-order chi connectivity index (χ1) is 9.71. The van der Waals surface area contributed by atoms with Crippen LogP contribution in [0.15, 0.2) is 36.4 Å². The average Bonchev–Trinajstić information content (AvgIpc) is 2.37. The number of aliphatic hydroxyl groups excluding tert-OH is 1. The highest BCUT2D eigenvalue weighted by molar-refractivity contribution is 5.36. The maximum Gasteiger partial charge on any atom is 0.416 e. The van der Waals surface area contributed by atoms with Crippen molar-refractivity contribution in [1.29, 1.82) is 0 Å². The van der Waals surface area contributed by atoms with Crippen LogP contribution in [-0.2, 0) is 6.18 Å². The molecule has 1 nitrogen and oxygen atoms in total. The van der Waals surface area contributed by atoms with Crippen LogP contribution in [-0.4, -0.2) is 5.11 Å². The van der Waals surface area contributed by atoms with E-state index in [1.54, 1.807) is 0 Å². The van der Waals surface area contributed by atoms with E-state index >= 15 is 0 Å². The first-order valence-corrected chi connectivity index (χ1v) is 5.70. The van der Waals surface area contributed by atoms with Crippen LogP contribution in [0.2, 0.25) is 0 Å². The Morgan fingerprint density at radius 2 is 1.43 bits per heavy atom. The van der Waals surface area contributed by atoms with Crippen molar-refractivity contribution in [3.05, 3.63) is 70.5 Å². The van der Waals surface area contributed by atoms with Gasteiger partial charge in [0.2, 0.25) is 0 Å². The molecule has 0 aromatic heterocycles. The maximum atomic E-state index is 13.6. The summed E-state index contributed by atoms with van der Waals surface area (Å²) >= 11 is 0. The van der Waals surface area contributed by atoms with Gasteiger partial charge < -0.3 is 5.11 Å². The predicted molar refractivity (Wildman–Crippen MR) is 61.8 cm³/mol. The number of benzene rings is 2. The van der Waals surface area contributed by atoms with E-state index in [0.29, 0.717) is 18.2 Å². The summed E-state index contributed by atoms with van der Waals surface area (Å²) in [6.07, 6.45) is -6.95. The highest BCUT2D eigenvalue weighted by Gasteiger charge is 2.32. The summed E-state index contributed by atoms with van der Waals surface area (Å²) in [6.45, 7) is 0. The fourth-order valence-electron chi connectivity index (χ4n) is 1.86. The topological polar surface area (TPSA) is 20.2 Å². The van der Waals surface area contributed by atoms with Crippen molar-refractivity contribution in [1.82, 2.24) is 0 Å². The number of hydrogen-bond acceptors (Lipinski definition) is 1. The Kier molecular flexibility index (Phi) is 3.95. The highest BCUT2D eigenvalue weighted by Crippen LogP contribution is 2.34. The van der Waals surface area contributed by atoms with Crippen LogP contribution in [0.25, 0.3) is 0 Å². The van der Waals surface area contributed by atoms with Gasteiger partial charge in [-0.15, -0.1) is 0 Å². The van der Waals surface area contributed by atoms with Gasteiger partial charge in [0, 0.05) is 5.56 Å². The SMILES string of the molecule is OC(c1cc(C(F)(F)F)ccc1F)c1c(F)cccc1F. The molecule has 0 fully saturated rings. The lowest BCUT2D eigenvalue weighted by Gasteiger charge is -2.16. The Balaban J connectivity index is 2.56. The third kappa shape index (κ3) is 3.02. The largest absolute Gasteiger partial charge is 0.416 e. The molecule has 7 heteroatoms. The van der Waals surface area contributed by atoms with Crippen molar-refractivity contribution in [3.8, 4) is 0 Å².